The SMILES string of the molecule is CC(=O)Nc1sc(C(=O)O)c(C)c1C(=O)O.CCCCCCCc1ccc(-c2cc(C(=O)O)c3cccc(C(=O)O)c3n2)cc1. The lowest BCUT2D eigenvalue weighted by Gasteiger charge is -2.10. The molecule has 236 valence electrons. The Balaban J connectivity index is 0.000000292. The highest BCUT2D eigenvalue weighted by Gasteiger charge is 2.24. The molecule has 11 nitrogen and oxygen atoms in total. The molecule has 0 bridgehead atoms. The van der Waals surface area contributed by atoms with Crippen LogP contribution in [-0.4, -0.2) is 55.2 Å². The smallest absolute Gasteiger partial charge is 0.346 e. The molecular formula is C33H34N2O9S. The summed E-state index contributed by atoms with van der Waals surface area (Å²) >= 11 is 0.739. The van der Waals surface area contributed by atoms with E-state index < -0.39 is 29.8 Å². The maximum atomic E-state index is 11.8. The van der Waals surface area contributed by atoms with E-state index in [0.717, 1.165) is 29.7 Å². The summed E-state index contributed by atoms with van der Waals surface area (Å²) < 4.78 is 0. The zero-order valence-electron chi connectivity index (χ0n) is 25.0. The highest BCUT2D eigenvalue weighted by Crippen LogP contribution is 2.33. The van der Waals surface area contributed by atoms with Crippen molar-refractivity contribution in [2.75, 3.05) is 5.32 Å². The van der Waals surface area contributed by atoms with Gasteiger partial charge in [0.05, 0.1) is 27.9 Å². The Morgan fingerprint density at radius 2 is 1.44 bits per heavy atom. The molecule has 0 aliphatic carbocycles. The summed E-state index contributed by atoms with van der Waals surface area (Å²) in [5.41, 5.74) is 2.67. The van der Waals surface area contributed by atoms with Crippen molar-refractivity contribution in [1.29, 1.82) is 0 Å². The van der Waals surface area contributed by atoms with Crippen LogP contribution in [0.4, 0.5) is 5.00 Å². The topological polar surface area (TPSA) is 191 Å². The molecule has 2 aromatic heterocycles. The first-order valence-electron chi connectivity index (χ1n) is 14.2. The predicted molar refractivity (Wildman–Crippen MR) is 171 cm³/mol. The first-order chi connectivity index (χ1) is 21.3. The maximum absolute atomic E-state index is 11.8. The summed E-state index contributed by atoms with van der Waals surface area (Å²) in [5.74, 6) is -5.15. The molecule has 5 N–H and O–H groups in total. The molecule has 2 aromatic carbocycles. The second-order valence-electron chi connectivity index (χ2n) is 10.3. The summed E-state index contributed by atoms with van der Waals surface area (Å²) in [4.78, 5) is 60.3. The van der Waals surface area contributed by atoms with Gasteiger partial charge < -0.3 is 25.7 Å². The third kappa shape index (κ3) is 8.73. The second-order valence-corrected chi connectivity index (χ2v) is 11.3. The van der Waals surface area contributed by atoms with Crippen LogP contribution in [0, 0.1) is 6.92 Å². The first-order valence-corrected chi connectivity index (χ1v) is 15.0. The minimum atomic E-state index is -1.26. The Morgan fingerprint density at radius 3 is 2.00 bits per heavy atom. The normalized spacial score (nSPS) is 10.6. The lowest BCUT2D eigenvalue weighted by molar-refractivity contribution is -0.114. The molecule has 0 atom stereocenters. The zero-order chi connectivity index (χ0) is 33.3. The van der Waals surface area contributed by atoms with Gasteiger partial charge in [0.25, 0.3) is 0 Å². The number of carboxylic acid groups (broad SMARTS) is 4. The number of aromatic carboxylic acids is 4. The number of unbranched alkanes of at least 4 members (excludes halogenated alkanes) is 4. The summed E-state index contributed by atoms with van der Waals surface area (Å²) in [6.07, 6.45) is 7.16. The number of carbonyl (C=O) groups excluding carboxylic acids is 1. The molecule has 2 heterocycles. The molecule has 45 heavy (non-hydrogen) atoms. The van der Waals surface area contributed by atoms with Crippen LogP contribution < -0.4 is 5.32 Å². The molecule has 4 aromatic rings. The number of amides is 1. The minimum absolute atomic E-state index is 0.00412. The minimum Gasteiger partial charge on any atom is -0.478 e. The molecule has 4 rings (SSSR count). The number of carbonyl (C=O) groups is 5. The van der Waals surface area contributed by atoms with Crippen LogP contribution in [0.3, 0.4) is 0 Å². The highest BCUT2D eigenvalue weighted by atomic mass is 32.1. The van der Waals surface area contributed by atoms with Crippen molar-refractivity contribution in [3.63, 3.8) is 0 Å². The van der Waals surface area contributed by atoms with Crippen LogP contribution >= 0.6 is 11.3 Å². The van der Waals surface area contributed by atoms with Gasteiger partial charge in [-0.3, -0.25) is 4.79 Å². The van der Waals surface area contributed by atoms with Gasteiger partial charge in [-0.2, -0.15) is 0 Å². The number of carboxylic acids is 4. The van der Waals surface area contributed by atoms with Crippen molar-refractivity contribution in [3.05, 3.63) is 81.2 Å². The lowest BCUT2D eigenvalue weighted by Crippen LogP contribution is -2.09. The second kappa shape index (κ2) is 15.6. The Bertz CT molecular complexity index is 1740. The number of rotatable bonds is 12. The van der Waals surface area contributed by atoms with Crippen molar-refractivity contribution >= 4 is 57.0 Å². The number of hydrogen-bond acceptors (Lipinski definition) is 7. The molecule has 1 amide bonds. The fourth-order valence-corrected chi connectivity index (χ4v) is 5.83. The van der Waals surface area contributed by atoms with Crippen LogP contribution in [-0.2, 0) is 11.2 Å². The van der Waals surface area contributed by atoms with E-state index in [9.17, 15) is 34.2 Å². The molecule has 0 unspecified atom stereocenters. The highest BCUT2D eigenvalue weighted by molar-refractivity contribution is 7.18. The molecule has 0 radical (unpaired) electrons. The van der Waals surface area contributed by atoms with E-state index in [2.05, 4.69) is 17.2 Å². The van der Waals surface area contributed by atoms with Gasteiger partial charge in [0.2, 0.25) is 5.91 Å². The maximum Gasteiger partial charge on any atom is 0.346 e. The lowest BCUT2D eigenvalue weighted by atomic mass is 10.00. The Labute approximate surface area is 263 Å². The molecule has 0 aliphatic rings. The average molecular weight is 635 g/mol. The molecule has 0 saturated heterocycles. The summed E-state index contributed by atoms with van der Waals surface area (Å²) in [7, 11) is 0. The number of anilines is 1. The van der Waals surface area contributed by atoms with E-state index >= 15 is 0 Å². The molecule has 0 aliphatic heterocycles. The van der Waals surface area contributed by atoms with E-state index in [4.69, 9.17) is 10.2 Å². The van der Waals surface area contributed by atoms with Crippen molar-refractivity contribution < 1.29 is 44.4 Å². The van der Waals surface area contributed by atoms with Crippen LogP contribution in [0.5, 0.6) is 0 Å². The van der Waals surface area contributed by atoms with Gasteiger partial charge in [-0.25, -0.2) is 24.2 Å². The molecular weight excluding hydrogens is 600 g/mol. The third-order valence-corrected chi connectivity index (χ3v) is 8.16. The summed E-state index contributed by atoms with van der Waals surface area (Å²) in [6, 6.07) is 14.0. The largest absolute Gasteiger partial charge is 0.478 e. The van der Waals surface area contributed by atoms with Gasteiger partial charge in [-0.05, 0) is 43.0 Å². The Morgan fingerprint density at radius 1 is 0.800 bits per heavy atom. The van der Waals surface area contributed by atoms with Gasteiger partial charge in [0, 0.05) is 17.9 Å². The Hall–Kier alpha value is -5.10. The van der Waals surface area contributed by atoms with Crippen molar-refractivity contribution in [2.45, 2.75) is 59.3 Å². The van der Waals surface area contributed by atoms with E-state index in [-0.39, 0.29) is 37.6 Å². The average Bonchev–Trinajstić information content (AvgIpc) is 3.31. The molecule has 0 spiro atoms. The van der Waals surface area contributed by atoms with Crippen molar-refractivity contribution in [3.8, 4) is 11.3 Å². The third-order valence-electron chi connectivity index (χ3n) is 6.96. The van der Waals surface area contributed by atoms with Gasteiger partial charge >= 0.3 is 23.9 Å². The number of aryl methyl sites for hydroxylation is 1. The number of para-hydroxylation sites is 1. The number of hydrogen-bond donors (Lipinski definition) is 5. The monoisotopic (exact) mass is 634 g/mol. The van der Waals surface area contributed by atoms with Gasteiger partial charge in [-0.1, -0.05) is 69.0 Å². The van der Waals surface area contributed by atoms with Gasteiger partial charge in [-0.15, -0.1) is 11.3 Å². The van der Waals surface area contributed by atoms with Crippen LogP contribution in [0.15, 0.2) is 48.5 Å². The number of thiophene rings is 1. The standard InChI is InChI=1S/C24H25NO4.C9H9NO5S/c1-2-3-4-5-6-8-16-11-13-17(14-12-16)21-15-20(24(28)29)18-9-7-10-19(23(26)27)22(18)25-21;1-3-5(8(12)13)7(10-4(2)11)16-6(3)9(14)15/h7,9-15H,2-6,8H2,1H3,(H,26,27)(H,28,29);1-2H3,(H,10,11)(H,12,13)(H,14,15). The van der Waals surface area contributed by atoms with Gasteiger partial charge in [0.15, 0.2) is 0 Å². The number of nitrogens with zero attached hydrogens (tertiary/aromatic N) is 1. The quantitative estimate of drug-likeness (QED) is 0.0994. The van der Waals surface area contributed by atoms with Crippen molar-refractivity contribution in [2.24, 2.45) is 0 Å². The number of benzene rings is 2. The predicted octanol–water partition coefficient (Wildman–Crippen LogP) is 7.22. The molecule has 0 saturated carbocycles. The summed E-state index contributed by atoms with van der Waals surface area (Å²) in [6.45, 7) is 4.82. The van der Waals surface area contributed by atoms with E-state index in [1.165, 1.54) is 63.3 Å². The number of nitrogens with one attached hydrogen (secondary N) is 1. The van der Waals surface area contributed by atoms with E-state index in [1.807, 2.05) is 24.3 Å². The Kier molecular flexibility index (Phi) is 11.9. The van der Waals surface area contributed by atoms with Crippen LogP contribution in [0.1, 0.15) is 97.8 Å². The van der Waals surface area contributed by atoms with E-state index in [0.29, 0.717) is 11.1 Å². The fourth-order valence-electron chi connectivity index (χ4n) is 4.74. The van der Waals surface area contributed by atoms with Gasteiger partial charge in [0.1, 0.15) is 9.88 Å². The van der Waals surface area contributed by atoms with E-state index in [1.54, 1.807) is 6.07 Å². The first kappa shape index (κ1) is 34.4. The number of pyridine rings is 1. The van der Waals surface area contributed by atoms with Crippen LogP contribution in [0.2, 0.25) is 0 Å². The fraction of sp³-hybridized carbons (Fsp3) is 0.273. The number of aromatic nitrogens is 1. The molecule has 0 fully saturated rings. The van der Waals surface area contributed by atoms with Crippen molar-refractivity contribution in [1.82, 2.24) is 4.98 Å². The summed E-state index contributed by atoms with van der Waals surface area (Å²) in [5, 5.41) is 39.5. The van der Waals surface area contributed by atoms with Crippen LogP contribution in [0.25, 0.3) is 22.2 Å². The number of fused-ring (bicyclic) bond motifs is 1. The zero-order valence-corrected chi connectivity index (χ0v) is 25.9. The molecule has 12 heteroatoms.